The van der Waals surface area contributed by atoms with Crippen molar-refractivity contribution in [2.45, 2.75) is 57.8 Å². The van der Waals surface area contributed by atoms with Gasteiger partial charge in [0, 0.05) is 19.1 Å². The Morgan fingerprint density at radius 1 is 1.19 bits per heavy atom. The number of aryl methyl sites for hydroxylation is 1. The molecule has 1 saturated heterocycles. The van der Waals surface area contributed by atoms with Crippen LogP contribution in [0.15, 0.2) is 24.3 Å². The van der Waals surface area contributed by atoms with Gasteiger partial charge < -0.3 is 14.0 Å². The molecule has 1 saturated carbocycles. The van der Waals surface area contributed by atoms with Gasteiger partial charge in [0.1, 0.15) is 6.61 Å². The molecule has 1 aliphatic heterocycles. The summed E-state index contributed by atoms with van der Waals surface area (Å²) in [6.07, 6.45) is 4.75. The van der Waals surface area contributed by atoms with Crippen molar-refractivity contribution in [1.82, 2.24) is 24.3 Å². The van der Waals surface area contributed by atoms with Crippen LogP contribution in [0.5, 0.6) is 0 Å². The predicted octanol–water partition coefficient (Wildman–Crippen LogP) is 3.21. The summed E-state index contributed by atoms with van der Waals surface area (Å²) in [6, 6.07) is 8.20. The summed E-state index contributed by atoms with van der Waals surface area (Å²) in [6.45, 7) is 4.83. The molecule has 2 fully saturated rings. The highest BCUT2D eigenvalue weighted by Crippen LogP contribution is 2.38. The molecule has 0 amide bonds. The smallest absolute Gasteiger partial charge is 0.233 e. The number of fused-ring (bicyclic) bond motifs is 1. The van der Waals surface area contributed by atoms with Gasteiger partial charge in [-0.2, -0.15) is 4.68 Å². The Bertz CT molecular complexity index is 937. The van der Waals surface area contributed by atoms with Crippen molar-refractivity contribution in [2.24, 2.45) is 0 Å². The van der Waals surface area contributed by atoms with E-state index >= 15 is 0 Å². The maximum atomic E-state index is 5.94. The van der Waals surface area contributed by atoms with Gasteiger partial charge >= 0.3 is 0 Å². The molecule has 1 aromatic carbocycles. The van der Waals surface area contributed by atoms with E-state index in [0.717, 1.165) is 54.6 Å². The molecule has 0 N–H and O–H groups in total. The minimum atomic E-state index is 0.212. The van der Waals surface area contributed by atoms with E-state index < -0.39 is 0 Å². The van der Waals surface area contributed by atoms with Gasteiger partial charge in [-0.25, -0.2) is 9.97 Å². The lowest BCUT2D eigenvalue weighted by atomic mass is 10.2. The van der Waals surface area contributed by atoms with E-state index in [1.54, 1.807) is 0 Å². The summed E-state index contributed by atoms with van der Waals surface area (Å²) in [7, 11) is 0. The number of aromatic nitrogens is 5. The van der Waals surface area contributed by atoms with Gasteiger partial charge in [0.2, 0.25) is 5.95 Å². The molecule has 142 valence electrons. The number of hydrogen-bond donors (Lipinski definition) is 0. The normalized spacial score (nSPS) is 20.0. The molecular formula is C20H25N5O2. The van der Waals surface area contributed by atoms with Crippen LogP contribution in [0.1, 0.15) is 50.2 Å². The lowest BCUT2D eigenvalue weighted by molar-refractivity contribution is 0.00810. The third-order valence-electron chi connectivity index (χ3n) is 5.33. The molecule has 27 heavy (non-hydrogen) atoms. The first kappa shape index (κ1) is 16.9. The lowest BCUT2D eigenvalue weighted by Crippen LogP contribution is -2.16. The average molecular weight is 367 g/mol. The molecule has 3 heterocycles. The minimum Gasteiger partial charge on any atom is -0.376 e. The number of nitrogens with zero attached hydrogens (tertiary/aromatic N) is 5. The largest absolute Gasteiger partial charge is 0.376 e. The van der Waals surface area contributed by atoms with E-state index in [1.807, 2.05) is 22.9 Å². The predicted molar refractivity (Wildman–Crippen MR) is 101 cm³/mol. The Kier molecular flexibility index (Phi) is 4.41. The Labute approximate surface area is 158 Å². The second-order valence-electron chi connectivity index (χ2n) is 7.37. The van der Waals surface area contributed by atoms with Crippen LogP contribution in [0.3, 0.4) is 0 Å². The van der Waals surface area contributed by atoms with Gasteiger partial charge in [0.05, 0.1) is 23.7 Å². The second-order valence-corrected chi connectivity index (χ2v) is 7.37. The number of benzene rings is 1. The third-order valence-corrected chi connectivity index (χ3v) is 5.33. The molecule has 1 atom stereocenters. The SMILES string of the molecule is CCn1c(-n2nc(C3CC3)nc2COC[C@H]2CCCO2)nc2ccccc21. The average Bonchev–Trinajstić information content (AvgIpc) is 3.11. The molecule has 0 spiro atoms. The number of ether oxygens (including phenoxy) is 2. The maximum Gasteiger partial charge on any atom is 0.233 e. The first-order valence-electron chi connectivity index (χ1n) is 9.94. The van der Waals surface area contributed by atoms with Gasteiger partial charge in [0.25, 0.3) is 0 Å². The standard InChI is InChI=1S/C20H25N5O2/c1-2-24-17-8-4-3-7-16(17)21-20(24)25-18(22-19(23-25)14-9-10-14)13-26-12-15-6-5-11-27-15/h3-4,7-8,14-15H,2,5-6,9-13H2,1H3/t15-/m1/s1. The second kappa shape index (κ2) is 7.05. The van der Waals surface area contributed by atoms with E-state index in [9.17, 15) is 0 Å². The van der Waals surface area contributed by atoms with Crippen LogP contribution in [0.4, 0.5) is 0 Å². The van der Waals surface area contributed by atoms with Crippen molar-refractivity contribution < 1.29 is 9.47 Å². The molecule has 2 aromatic heterocycles. The highest BCUT2D eigenvalue weighted by molar-refractivity contribution is 5.77. The van der Waals surface area contributed by atoms with E-state index in [4.69, 9.17) is 24.5 Å². The van der Waals surface area contributed by atoms with Crippen LogP contribution >= 0.6 is 0 Å². The van der Waals surface area contributed by atoms with Crippen LogP contribution in [0.25, 0.3) is 17.0 Å². The Morgan fingerprint density at radius 2 is 2.07 bits per heavy atom. The van der Waals surface area contributed by atoms with E-state index in [-0.39, 0.29) is 6.10 Å². The number of rotatable bonds is 7. The van der Waals surface area contributed by atoms with E-state index in [1.165, 1.54) is 12.8 Å². The van der Waals surface area contributed by atoms with Crippen LogP contribution < -0.4 is 0 Å². The zero-order valence-electron chi connectivity index (χ0n) is 15.7. The summed E-state index contributed by atoms with van der Waals surface area (Å²) in [5.41, 5.74) is 2.09. The maximum absolute atomic E-state index is 5.94. The van der Waals surface area contributed by atoms with Crippen molar-refractivity contribution in [3.63, 3.8) is 0 Å². The highest BCUT2D eigenvalue weighted by atomic mass is 16.5. The number of hydrogen-bond acceptors (Lipinski definition) is 5. The number of imidazole rings is 1. The Balaban J connectivity index is 1.47. The fourth-order valence-corrected chi connectivity index (χ4v) is 3.72. The van der Waals surface area contributed by atoms with E-state index in [0.29, 0.717) is 19.1 Å². The quantitative estimate of drug-likeness (QED) is 0.641. The molecule has 5 rings (SSSR count). The van der Waals surface area contributed by atoms with Gasteiger partial charge in [-0.3, -0.25) is 0 Å². The van der Waals surface area contributed by atoms with Crippen molar-refractivity contribution in [3.8, 4) is 5.95 Å². The zero-order chi connectivity index (χ0) is 18.2. The molecule has 7 heteroatoms. The fraction of sp³-hybridized carbons (Fsp3) is 0.550. The molecule has 0 bridgehead atoms. The Hall–Kier alpha value is -2.25. The lowest BCUT2D eigenvalue weighted by Gasteiger charge is -2.11. The van der Waals surface area contributed by atoms with Crippen molar-refractivity contribution in [3.05, 3.63) is 35.9 Å². The van der Waals surface area contributed by atoms with E-state index in [2.05, 4.69) is 17.6 Å². The summed E-state index contributed by atoms with van der Waals surface area (Å²) < 4.78 is 15.7. The molecule has 0 radical (unpaired) electrons. The monoisotopic (exact) mass is 367 g/mol. The third kappa shape index (κ3) is 3.26. The summed E-state index contributed by atoms with van der Waals surface area (Å²) in [5.74, 6) is 3.04. The molecule has 1 aliphatic carbocycles. The molecule has 3 aromatic rings. The molecule has 2 aliphatic rings. The van der Waals surface area contributed by atoms with Crippen LogP contribution in [0, 0.1) is 0 Å². The van der Waals surface area contributed by atoms with Gasteiger partial charge in [-0.1, -0.05) is 12.1 Å². The fourth-order valence-electron chi connectivity index (χ4n) is 3.72. The van der Waals surface area contributed by atoms with Crippen LogP contribution in [-0.4, -0.2) is 43.6 Å². The first-order chi connectivity index (χ1) is 13.3. The highest BCUT2D eigenvalue weighted by Gasteiger charge is 2.30. The van der Waals surface area contributed by atoms with Crippen molar-refractivity contribution >= 4 is 11.0 Å². The summed E-state index contributed by atoms with van der Waals surface area (Å²) in [4.78, 5) is 9.63. The topological polar surface area (TPSA) is 67.0 Å². The minimum absolute atomic E-state index is 0.212. The molecule has 0 unspecified atom stereocenters. The zero-order valence-corrected chi connectivity index (χ0v) is 15.7. The summed E-state index contributed by atoms with van der Waals surface area (Å²) >= 11 is 0. The first-order valence-corrected chi connectivity index (χ1v) is 9.94. The van der Waals surface area contributed by atoms with Gasteiger partial charge in [0.15, 0.2) is 11.6 Å². The van der Waals surface area contributed by atoms with Crippen molar-refractivity contribution in [2.75, 3.05) is 13.2 Å². The summed E-state index contributed by atoms with van der Waals surface area (Å²) in [5, 5.41) is 4.81. The van der Waals surface area contributed by atoms with Crippen LogP contribution in [-0.2, 0) is 22.6 Å². The van der Waals surface area contributed by atoms with Gasteiger partial charge in [-0.05, 0) is 44.7 Å². The van der Waals surface area contributed by atoms with Gasteiger partial charge in [-0.15, -0.1) is 5.10 Å². The van der Waals surface area contributed by atoms with Crippen LogP contribution in [0.2, 0.25) is 0 Å². The Morgan fingerprint density at radius 3 is 2.85 bits per heavy atom. The number of para-hydroxylation sites is 2. The molecular weight excluding hydrogens is 342 g/mol. The van der Waals surface area contributed by atoms with Crippen molar-refractivity contribution in [1.29, 1.82) is 0 Å². The molecule has 7 nitrogen and oxygen atoms in total.